The summed E-state index contributed by atoms with van der Waals surface area (Å²) in [4.78, 5) is 2.25. The highest BCUT2D eigenvalue weighted by Crippen LogP contribution is 2.16. The molecule has 0 aliphatic carbocycles. The molecule has 0 radical (unpaired) electrons. The standard InChI is InChI=1S/C26H25NO/c1-27(19-10-4-9-14-23-12-5-2-6-13-23)21-25-17-11-18-26(20-25)28-22-24-15-7-3-8-16-24/h2-8,10-13,15-18,20H,19,21-22H2,1H3/b10-4+. The molecule has 28 heavy (non-hydrogen) atoms. The van der Waals surface area contributed by atoms with Gasteiger partial charge in [-0.05, 0) is 48.5 Å². The Labute approximate surface area is 168 Å². The van der Waals surface area contributed by atoms with Crippen LogP contribution in [-0.4, -0.2) is 18.5 Å². The number of rotatable bonds is 7. The molecule has 0 spiro atoms. The zero-order chi connectivity index (χ0) is 19.4. The van der Waals surface area contributed by atoms with Gasteiger partial charge in [-0.3, -0.25) is 4.90 Å². The molecule has 2 nitrogen and oxygen atoms in total. The summed E-state index contributed by atoms with van der Waals surface area (Å²) in [7, 11) is 2.10. The summed E-state index contributed by atoms with van der Waals surface area (Å²) in [5.74, 6) is 7.12. The molecule has 0 aliphatic heterocycles. The molecule has 3 aromatic rings. The Hall–Kier alpha value is -3.28. The average molecular weight is 367 g/mol. The first-order valence-electron chi connectivity index (χ1n) is 9.45. The predicted octanol–water partition coefficient (Wildman–Crippen LogP) is 5.31. The summed E-state index contributed by atoms with van der Waals surface area (Å²) in [5, 5.41) is 0. The van der Waals surface area contributed by atoms with Crippen molar-refractivity contribution in [3.8, 4) is 17.6 Å². The predicted molar refractivity (Wildman–Crippen MR) is 116 cm³/mol. The van der Waals surface area contributed by atoms with Gasteiger partial charge in [0.1, 0.15) is 12.4 Å². The Balaban J connectivity index is 1.46. The molecule has 0 amide bonds. The van der Waals surface area contributed by atoms with Crippen LogP contribution in [0.2, 0.25) is 0 Å². The summed E-state index contributed by atoms with van der Waals surface area (Å²) < 4.78 is 5.92. The van der Waals surface area contributed by atoms with Crippen molar-refractivity contribution in [3.63, 3.8) is 0 Å². The first kappa shape index (κ1) is 19.5. The van der Waals surface area contributed by atoms with Crippen molar-refractivity contribution in [1.82, 2.24) is 4.90 Å². The fourth-order valence-electron chi connectivity index (χ4n) is 2.79. The number of hydrogen-bond donors (Lipinski definition) is 0. The molecule has 0 aliphatic rings. The monoisotopic (exact) mass is 367 g/mol. The molecule has 140 valence electrons. The van der Waals surface area contributed by atoms with Crippen LogP contribution in [0.15, 0.2) is 97.1 Å². The molecule has 0 N–H and O–H groups in total. The van der Waals surface area contributed by atoms with Gasteiger partial charge >= 0.3 is 0 Å². The van der Waals surface area contributed by atoms with Gasteiger partial charge in [-0.25, -0.2) is 0 Å². The van der Waals surface area contributed by atoms with Crippen LogP contribution in [-0.2, 0) is 13.2 Å². The highest BCUT2D eigenvalue weighted by Gasteiger charge is 2.01. The zero-order valence-electron chi connectivity index (χ0n) is 16.2. The maximum atomic E-state index is 5.92. The minimum absolute atomic E-state index is 0.586. The molecule has 0 heterocycles. The Bertz CT molecular complexity index is 936. The van der Waals surface area contributed by atoms with Gasteiger partial charge in [0.15, 0.2) is 0 Å². The van der Waals surface area contributed by atoms with Gasteiger partial charge in [-0.2, -0.15) is 0 Å². The molecule has 3 rings (SSSR count). The van der Waals surface area contributed by atoms with E-state index in [-0.39, 0.29) is 0 Å². The van der Waals surface area contributed by atoms with Crippen molar-refractivity contribution in [1.29, 1.82) is 0 Å². The lowest BCUT2D eigenvalue weighted by Gasteiger charge is -2.15. The lowest BCUT2D eigenvalue weighted by atomic mass is 10.2. The van der Waals surface area contributed by atoms with Crippen LogP contribution in [0, 0.1) is 11.8 Å². The molecule has 0 aromatic heterocycles. The fraction of sp³-hybridized carbons (Fsp3) is 0.154. The molecular weight excluding hydrogens is 342 g/mol. The van der Waals surface area contributed by atoms with E-state index < -0.39 is 0 Å². The van der Waals surface area contributed by atoms with Gasteiger partial charge < -0.3 is 4.74 Å². The van der Waals surface area contributed by atoms with Crippen LogP contribution in [0.4, 0.5) is 0 Å². The van der Waals surface area contributed by atoms with Gasteiger partial charge in [-0.1, -0.05) is 78.6 Å². The summed E-state index contributed by atoms with van der Waals surface area (Å²) >= 11 is 0. The Morgan fingerprint density at radius 1 is 0.857 bits per heavy atom. The quantitative estimate of drug-likeness (QED) is 0.525. The second kappa shape index (κ2) is 10.8. The van der Waals surface area contributed by atoms with Crippen molar-refractivity contribution in [3.05, 3.63) is 114 Å². The van der Waals surface area contributed by atoms with Crippen LogP contribution >= 0.6 is 0 Å². The van der Waals surface area contributed by atoms with Gasteiger partial charge in [0.2, 0.25) is 0 Å². The van der Waals surface area contributed by atoms with Gasteiger partial charge in [-0.15, -0.1) is 0 Å². The highest BCUT2D eigenvalue weighted by molar-refractivity contribution is 5.36. The molecule has 0 saturated heterocycles. The zero-order valence-corrected chi connectivity index (χ0v) is 16.2. The number of hydrogen-bond acceptors (Lipinski definition) is 2. The molecule has 0 unspecified atom stereocenters. The number of allylic oxidation sites excluding steroid dienone is 1. The van der Waals surface area contributed by atoms with Crippen molar-refractivity contribution < 1.29 is 4.74 Å². The van der Waals surface area contributed by atoms with E-state index in [1.54, 1.807) is 0 Å². The van der Waals surface area contributed by atoms with Crippen molar-refractivity contribution in [2.75, 3.05) is 13.6 Å². The van der Waals surface area contributed by atoms with E-state index in [0.29, 0.717) is 6.61 Å². The van der Waals surface area contributed by atoms with Gasteiger partial charge in [0.25, 0.3) is 0 Å². The van der Waals surface area contributed by atoms with E-state index in [1.165, 1.54) is 11.1 Å². The van der Waals surface area contributed by atoms with E-state index in [0.717, 1.165) is 24.4 Å². The van der Waals surface area contributed by atoms with Crippen molar-refractivity contribution in [2.45, 2.75) is 13.2 Å². The number of nitrogens with zero attached hydrogens (tertiary/aromatic N) is 1. The smallest absolute Gasteiger partial charge is 0.120 e. The molecule has 0 fully saturated rings. The lowest BCUT2D eigenvalue weighted by molar-refractivity contribution is 0.304. The van der Waals surface area contributed by atoms with Crippen molar-refractivity contribution >= 4 is 0 Å². The number of benzene rings is 3. The topological polar surface area (TPSA) is 12.5 Å². The maximum absolute atomic E-state index is 5.92. The van der Waals surface area contributed by atoms with Gasteiger partial charge in [0.05, 0.1) is 0 Å². The molecule has 0 saturated carbocycles. The first-order chi connectivity index (χ1) is 13.8. The van der Waals surface area contributed by atoms with Crippen LogP contribution in [0.25, 0.3) is 0 Å². The molecule has 2 heteroatoms. The molecular formula is C26H25NO. The normalized spacial score (nSPS) is 10.6. The maximum Gasteiger partial charge on any atom is 0.120 e. The van der Waals surface area contributed by atoms with E-state index in [9.17, 15) is 0 Å². The Morgan fingerprint density at radius 2 is 1.57 bits per heavy atom. The third-order valence-corrected chi connectivity index (χ3v) is 4.21. The second-order valence-electron chi connectivity index (χ2n) is 6.66. The highest BCUT2D eigenvalue weighted by atomic mass is 16.5. The van der Waals surface area contributed by atoms with Crippen LogP contribution in [0.3, 0.4) is 0 Å². The fourth-order valence-corrected chi connectivity index (χ4v) is 2.79. The third-order valence-electron chi connectivity index (χ3n) is 4.21. The van der Waals surface area contributed by atoms with Gasteiger partial charge in [0, 0.05) is 18.7 Å². The van der Waals surface area contributed by atoms with E-state index in [4.69, 9.17) is 4.74 Å². The Morgan fingerprint density at radius 3 is 2.36 bits per heavy atom. The SMILES string of the molecule is CN(C/C=C/C#Cc1ccccc1)Cc1cccc(OCc2ccccc2)c1. The minimum Gasteiger partial charge on any atom is -0.489 e. The van der Waals surface area contributed by atoms with Crippen LogP contribution < -0.4 is 4.74 Å². The summed E-state index contributed by atoms with van der Waals surface area (Å²) in [6, 6.07) is 28.5. The summed E-state index contributed by atoms with van der Waals surface area (Å²) in [6.07, 6.45) is 4.01. The Kier molecular flexibility index (Phi) is 7.49. The minimum atomic E-state index is 0.586. The van der Waals surface area contributed by atoms with Crippen LogP contribution in [0.5, 0.6) is 5.75 Å². The third kappa shape index (κ3) is 6.79. The number of likely N-dealkylation sites (N-methyl/N-ethyl adjacent to an activating group) is 1. The average Bonchev–Trinajstić information content (AvgIpc) is 2.74. The summed E-state index contributed by atoms with van der Waals surface area (Å²) in [6.45, 7) is 2.29. The molecule has 3 aromatic carbocycles. The van der Waals surface area contributed by atoms with Crippen LogP contribution in [0.1, 0.15) is 16.7 Å². The summed E-state index contributed by atoms with van der Waals surface area (Å²) in [5.41, 5.74) is 3.44. The van der Waals surface area contributed by atoms with E-state index in [1.807, 2.05) is 66.7 Å². The number of ether oxygens (including phenoxy) is 1. The first-order valence-corrected chi connectivity index (χ1v) is 9.45. The molecule has 0 bridgehead atoms. The lowest BCUT2D eigenvalue weighted by Crippen LogP contribution is -2.17. The van der Waals surface area contributed by atoms with E-state index >= 15 is 0 Å². The second-order valence-corrected chi connectivity index (χ2v) is 6.66. The van der Waals surface area contributed by atoms with Crippen molar-refractivity contribution in [2.24, 2.45) is 0 Å². The molecule has 0 atom stereocenters. The largest absolute Gasteiger partial charge is 0.489 e. The van der Waals surface area contributed by atoms with E-state index in [2.05, 4.69) is 54.1 Å².